The first-order valence-electron chi connectivity index (χ1n) is 10.8. The molecule has 0 spiro atoms. The number of alkyl halides is 5. The molecule has 35 heavy (non-hydrogen) atoms. The number of nitrogens with one attached hydrogen (secondary N) is 2. The molecular formula is C23H21F5N4O2S. The molecule has 6 nitrogen and oxygen atoms in total. The van der Waals surface area contributed by atoms with Crippen molar-refractivity contribution in [2.75, 3.05) is 0 Å². The Morgan fingerprint density at radius 1 is 1.14 bits per heavy atom. The van der Waals surface area contributed by atoms with Gasteiger partial charge in [0.05, 0.1) is 11.8 Å². The molecule has 0 radical (unpaired) electrons. The van der Waals surface area contributed by atoms with Gasteiger partial charge in [0.25, 0.3) is 5.92 Å². The number of pyridine rings is 1. The highest BCUT2D eigenvalue weighted by molar-refractivity contribution is 7.89. The van der Waals surface area contributed by atoms with Gasteiger partial charge >= 0.3 is 6.18 Å². The van der Waals surface area contributed by atoms with Crippen LogP contribution in [0.5, 0.6) is 0 Å². The number of rotatable bonds is 6. The lowest BCUT2D eigenvalue weighted by Gasteiger charge is -2.31. The first-order chi connectivity index (χ1) is 16.3. The van der Waals surface area contributed by atoms with Crippen molar-refractivity contribution in [1.29, 1.82) is 5.26 Å². The average Bonchev–Trinajstić information content (AvgIpc) is 3.45. The van der Waals surface area contributed by atoms with Crippen molar-refractivity contribution in [2.45, 2.75) is 55.6 Å². The summed E-state index contributed by atoms with van der Waals surface area (Å²) in [6, 6.07) is 7.17. The van der Waals surface area contributed by atoms with E-state index in [0.717, 1.165) is 6.07 Å². The zero-order valence-corrected chi connectivity index (χ0v) is 19.3. The summed E-state index contributed by atoms with van der Waals surface area (Å²) >= 11 is 0. The molecule has 186 valence electrons. The summed E-state index contributed by atoms with van der Waals surface area (Å²) in [7, 11) is -4.62. The van der Waals surface area contributed by atoms with Crippen LogP contribution in [0.2, 0.25) is 0 Å². The molecule has 0 saturated heterocycles. The monoisotopic (exact) mass is 512 g/mol. The minimum absolute atomic E-state index is 0.0863. The van der Waals surface area contributed by atoms with Crippen molar-refractivity contribution < 1.29 is 30.4 Å². The van der Waals surface area contributed by atoms with Gasteiger partial charge in [0.15, 0.2) is 0 Å². The Hall–Kier alpha value is -3.04. The summed E-state index contributed by atoms with van der Waals surface area (Å²) in [6.45, 7) is 0.677. The normalized spacial score (nSPS) is 17.4. The fourth-order valence-corrected chi connectivity index (χ4v) is 5.77. The molecule has 0 amide bonds. The van der Waals surface area contributed by atoms with Gasteiger partial charge in [-0.2, -0.15) is 31.9 Å². The fourth-order valence-electron chi connectivity index (χ4n) is 4.37. The predicted molar refractivity (Wildman–Crippen MR) is 118 cm³/mol. The highest BCUT2D eigenvalue weighted by Gasteiger charge is 2.56. The second-order valence-corrected chi connectivity index (χ2v) is 10.4. The molecule has 1 aromatic carbocycles. The Morgan fingerprint density at radius 3 is 2.46 bits per heavy atom. The zero-order chi connectivity index (χ0) is 25.6. The van der Waals surface area contributed by atoms with Crippen LogP contribution in [0.25, 0.3) is 22.3 Å². The van der Waals surface area contributed by atoms with E-state index in [1.54, 1.807) is 4.72 Å². The Morgan fingerprint density at radius 2 is 1.83 bits per heavy atom. The molecule has 0 aliphatic heterocycles. The fraction of sp³-hybridized carbons (Fsp3) is 0.391. The summed E-state index contributed by atoms with van der Waals surface area (Å²) < 4.78 is 96.6. The molecule has 1 atom stereocenters. The number of aromatic nitrogens is 2. The van der Waals surface area contributed by atoms with Crippen LogP contribution in [0.15, 0.2) is 47.5 Å². The maximum absolute atomic E-state index is 15.4. The quantitative estimate of drug-likeness (QED) is 0.418. The number of halogens is 5. The van der Waals surface area contributed by atoms with Crippen LogP contribution in [-0.2, 0) is 15.9 Å². The predicted octanol–water partition coefficient (Wildman–Crippen LogP) is 5.63. The number of benzene rings is 1. The number of fused-ring (bicyclic) bond motifs is 1. The molecule has 1 saturated carbocycles. The molecule has 1 aliphatic rings. The molecule has 12 heteroatoms. The number of nitrogens with zero attached hydrogens (tertiary/aromatic N) is 2. The molecule has 2 aromatic heterocycles. The van der Waals surface area contributed by atoms with Gasteiger partial charge in [-0.1, -0.05) is 25.0 Å². The average molecular weight is 513 g/mol. The largest absolute Gasteiger partial charge is 0.404 e. The molecule has 0 unspecified atom stereocenters. The molecule has 2 heterocycles. The van der Waals surface area contributed by atoms with Gasteiger partial charge in [0.1, 0.15) is 22.0 Å². The van der Waals surface area contributed by atoms with Crippen molar-refractivity contribution in [1.82, 2.24) is 14.7 Å². The maximum atomic E-state index is 15.4. The summed E-state index contributed by atoms with van der Waals surface area (Å²) in [5.41, 5.74) is -1.94. The highest BCUT2D eigenvalue weighted by atomic mass is 32.2. The van der Waals surface area contributed by atoms with Gasteiger partial charge in [-0.15, -0.1) is 0 Å². The molecular weight excluding hydrogens is 491 g/mol. The number of H-pyrrole nitrogens is 1. The minimum atomic E-state index is -4.79. The van der Waals surface area contributed by atoms with Crippen molar-refractivity contribution >= 4 is 20.9 Å². The van der Waals surface area contributed by atoms with E-state index in [-0.39, 0.29) is 35.3 Å². The zero-order valence-electron chi connectivity index (χ0n) is 18.5. The number of hydrogen-bond donors (Lipinski definition) is 2. The van der Waals surface area contributed by atoms with Crippen LogP contribution >= 0.6 is 0 Å². The van der Waals surface area contributed by atoms with Gasteiger partial charge in [-0.05, 0) is 44.0 Å². The topological polar surface area (TPSA) is 98.6 Å². The summed E-state index contributed by atoms with van der Waals surface area (Å²) in [6.07, 6.45) is -2.28. The molecule has 4 rings (SSSR count). The number of sulfonamides is 1. The highest BCUT2D eigenvalue weighted by Crippen LogP contribution is 2.54. The third-order valence-corrected chi connectivity index (χ3v) is 7.97. The molecule has 3 aromatic rings. The molecule has 0 bridgehead atoms. The van der Waals surface area contributed by atoms with Crippen LogP contribution in [0.3, 0.4) is 0 Å². The lowest BCUT2D eigenvalue weighted by Crippen LogP contribution is -2.43. The standard InChI is InChI=1S/C23H21F5N4O2S/c1-14(23(26,27)28)32-35(33,34)19-5-4-10-30-20(19)18-11-15-6-7-16(12-17(15)31-18)22(24,25)21(13-29)8-2-3-9-21/h4-7,10-12,14,31-32H,2-3,8-9H2,1H3/t14-/m1/s1. The van der Waals surface area contributed by atoms with E-state index in [0.29, 0.717) is 25.2 Å². The number of aromatic amines is 1. The number of hydrogen-bond acceptors (Lipinski definition) is 4. The number of nitriles is 1. The summed E-state index contributed by atoms with van der Waals surface area (Å²) in [5.74, 6) is -3.41. The van der Waals surface area contributed by atoms with Crippen LogP contribution in [-0.4, -0.2) is 30.6 Å². The van der Waals surface area contributed by atoms with Gasteiger partial charge < -0.3 is 4.98 Å². The Bertz CT molecular complexity index is 1400. The van der Waals surface area contributed by atoms with Crippen LogP contribution < -0.4 is 4.72 Å². The third kappa shape index (κ3) is 4.38. The van der Waals surface area contributed by atoms with Crippen LogP contribution in [0.1, 0.15) is 38.2 Å². The van der Waals surface area contributed by atoms with Crippen molar-refractivity contribution in [2.24, 2.45) is 5.41 Å². The van der Waals surface area contributed by atoms with E-state index >= 15 is 8.78 Å². The van der Waals surface area contributed by atoms with E-state index in [9.17, 15) is 26.9 Å². The second-order valence-electron chi connectivity index (χ2n) is 8.70. The Balaban J connectivity index is 1.75. The van der Waals surface area contributed by atoms with E-state index in [4.69, 9.17) is 0 Å². The smallest absolute Gasteiger partial charge is 0.353 e. The van der Waals surface area contributed by atoms with Crippen LogP contribution in [0.4, 0.5) is 22.0 Å². The SMILES string of the molecule is C[C@@H](NS(=O)(=O)c1cccnc1-c1cc2ccc(C(F)(F)C3(C#N)CCCC3)cc2[nH]1)C(F)(F)F. The Kier molecular flexibility index (Phi) is 6.13. The van der Waals surface area contributed by atoms with Gasteiger partial charge in [0.2, 0.25) is 10.0 Å². The molecule has 2 N–H and O–H groups in total. The van der Waals surface area contributed by atoms with E-state index in [1.165, 1.54) is 36.5 Å². The van der Waals surface area contributed by atoms with Crippen LogP contribution in [0, 0.1) is 16.7 Å². The van der Waals surface area contributed by atoms with Crippen molar-refractivity contribution in [3.63, 3.8) is 0 Å². The minimum Gasteiger partial charge on any atom is -0.353 e. The summed E-state index contributed by atoms with van der Waals surface area (Å²) in [5, 5.41) is 9.98. The van der Waals surface area contributed by atoms with E-state index < -0.39 is 38.5 Å². The first-order valence-corrected chi connectivity index (χ1v) is 12.3. The van der Waals surface area contributed by atoms with Crippen molar-refractivity contribution in [3.8, 4) is 17.5 Å². The van der Waals surface area contributed by atoms with Gasteiger partial charge in [-0.3, -0.25) is 4.98 Å². The molecule has 1 fully saturated rings. The van der Waals surface area contributed by atoms with Crippen molar-refractivity contribution in [3.05, 3.63) is 48.2 Å². The van der Waals surface area contributed by atoms with Gasteiger partial charge in [-0.25, -0.2) is 8.42 Å². The maximum Gasteiger partial charge on any atom is 0.404 e. The van der Waals surface area contributed by atoms with E-state index in [2.05, 4.69) is 9.97 Å². The first kappa shape index (κ1) is 25.1. The second kappa shape index (κ2) is 8.57. The van der Waals surface area contributed by atoms with E-state index in [1.807, 2.05) is 6.07 Å². The summed E-state index contributed by atoms with van der Waals surface area (Å²) in [4.78, 5) is 6.37. The molecule has 1 aliphatic carbocycles. The lowest BCUT2D eigenvalue weighted by molar-refractivity contribution is -0.147. The Labute approximate surface area is 198 Å². The third-order valence-electron chi connectivity index (χ3n) is 6.40. The van der Waals surface area contributed by atoms with Gasteiger partial charge in [0, 0.05) is 22.7 Å². The lowest BCUT2D eigenvalue weighted by atomic mass is 9.77.